The van der Waals surface area contributed by atoms with Gasteiger partial charge in [-0.25, -0.2) is 0 Å². The zero-order valence-corrected chi connectivity index (χ0v) is 19.0. The number of benzene rings is 2. The molecule has 1 aliphatic rings. The van der Waals surface area contributed by atoms with E-state index in [1.807, 2.05) is 0 Å². The maximum Gasteiger partial charge on any atom is 0.127 e. The first-order chi connectivity index (χ1) is 13.5. The van der Waals surface area contributed by atoms with E-state index in [0.29, 0.717) is 11.8 Å². The standard InChI is InChI=1S/C25H30OS2/c1-6-18(4)21-12-13-23(26-15-14-17(2)3)22(16-21)25-24(27-19(5)28-25)20-10-8-7-9-11-20/h7-13,16-18H,5-6,14-15H2,1-4H3. The summed E-state index contributed by atoms with van der Waals surface area (Å²) in [5.74, 6) is 2.16. The summed E-state index contributed by atoms with van der Waals surface area (Å²) in [5.41, 5.74) is 3.82. The van der Waals surface area contributed by atoms with Gasteiger partial charge in [0.1, 0.15) is 5.75 Å². The Balaban J connectivity index is 2.06. The van der Waals surface area contributed by atoms with Gasteiger partial charge >= 0.3 is 0 Å². The molecule has 0 bridgehead atoms. The molecule has 1 unspecified atom stereocenters. The minimum atomic E-state index is 0.534. The van der Waals surface area contributed by atoms with Crippen LogP contribution >= 0.6 is 23.5 Å². The fraction of sp³-hybridized carbons (Fsp3) is 0.360. The van der Waals surface area contributed by atoms with Crippen LogP contribution in [0.1, 0.15) is 63.1 Å². The topological polar surface area (TPSA) is 9.23 Å². The molecule has 0 spiro atoms. The first-order valence-electron chi connectivity index (χ1n) is 10.1. The van der Waals surface area contributed by atoms with E-state index in [1.165, 1.54) is 26.5 Å². The third kappa shape index (κ3) is 5.07. The molecule has 0 fully saturated rings. The quantitative estimate of drug-likeness (QED) is 0.432. The van der Waals surface area contributed by atoms with Crippen LogP contribution in [0.3, 0.4) is 0 Å². The van der Waals surface area contributed by atoms with Crippen molar-refractivity contribution in [3.05, 3.63) is 76.0 Å². The van der Waals surface area contributed by atoms with Crippen molar-refractivity contribution < 1.29 is 4.74 Å². The van der Waals surface area contributed by atoms with Gasteiger partial charge in [0.05, 0.1) is 6.61 Å². The molecule has 1 heterocycles. The Morgan fingerprint density at radius 3 is 2.36 bits per heavy atom. The highest BCUT2D eigenvalue weighted by Gasteiger charge is 2.25. The van der Waals surface area contributed by atoms with Gasteiger partial charge in [-0.1, -0.05) is 94.2 Å². The van der Waals surface area contributed by atoms with Crippen LogP contribution in [-0.2, 0) is 0 Å². The predicted octanol–water partition coefficient (Wildman–Crippen LogP) is 8.40. The summed E-state index contributed by atoms with van der Waals surface area (Å²) in [6.07, 6.45) is 2.19. The van der Waals surface area contributed by atoms with E-state index in [0.717, 1.165) is 29.4 Å². The number of ether oxygens (including phenoxy) is 1. The first kappa shape index (κ1) is 21.1. The monoisotopic (exact) mass is 410 g/mol. The van der Waals surface area contributed by atoms with Crippen molar-refractivity contribution >= 4 is 33.3 Å². The number of rotatable bonds is 8. The molecule has 0 aromatic heterocycles. The third-order valence-corrected chi connectivity index (χ3v) is 7.41. The van der Waals surface area contributed by atoms with Gasteiger partial charge in [0, 0.05) is 19.6 Å². The fourth-order valence-electron chi connectivity index (χ4n) is 3.10. The molecule has 0 amide bonds. The summed E-state index contributed by atoms with van der Waals surface area (Å²) in [5, 5.41) is 0. The third-order valence-electron chi connectivity index (χ3n) is 5.06. The molecule has 0 aliphatic carbocycles. The number of hydrogen-bond donors (Lipinski definition) is 0. The van der Waals surface area contributed by atoms with Crippen LogP contribution in [0.5, 0.6) is 5.75 Å². The summed E-state index contributed by atoms with van der Waals surface area (Å²) in [6.45, 7) is 14.0. The lowest BCUT2D eigenvalue weighted by Crippen LogP contribution is -2.04. The highest BCUT2D eigenvalue weighted by Crippen LogP contribution is 2.58. The van der Waals surface area contributed by atoms with Crippen LogP contribution in [-0.4, -0.2) is 6.61 Å². The largest absolute Gasteiger partial charge is 0.493 e. The van der Waals surface area contributed by atoms with Crippen molar-refractivity contribution in [2.75, 3.05) is 6.61 Å². The SMILES string of the molecule is C=C1SC(c2ccccc2)=C(c2cc(C(C)CC)ccc2OCCC(C)C)S1. The molecule has 28 heavy (non-hydrogen) atoms. The minimum Gasteiger partial charge on any atom is -0.493 e. The molecule has 0 saturated heterocycles. The van der Waals surface area contributed by atoms with E-state index in [-0.39, 0.29) is 0 Å². The van der Waals surface area contributed by atoms with Crippen LogP contribution in [0.15, 0.2) is 59.3 Å². The zero-order valence-electron chi connectivity index (χ0n) is 17.3. The lowest BCUT2D eigenvalue weighted by molar-refractivity contribution is 0.289. The molecular weight excluding hydrogens is 380 g/mol. The van der Waals surface area contributed by atoms with E-state index >= 15 is 0 Å². The summed E-state index contributed by atoms with van der Waals surface area (Å²) < 4.78 is 7.38. The molecular formula is C25H30OS2. The zero-order chi connectivity index (χ0) is 20.1. The average molecular weight is 411 g/mol. The second-order valence-electron chi connectivity index (χ2n) is 7.70. The summed E-state index contributed by atoms with van der Waals surface area (Å²) in [6, 6.07) is 17.4. The van der Waals surface area contributed by atoms with Crippen LogP contribution in [0, 0.1) is 5.92 Å². The fourth-order valence-corrected chi connectivity index (χ4v) is 5.40. The second kappa shape index (κ2) is 9.76. The smallest absolute Gasteiger partial charge is 0.127 e. The molecule has 3 heteroatoms. The summed E-state index contributed by atoms with van der Waals surface area (Å²) in [7, 11) is 0. The van der Waals surface area contributed by atoms with Gasteiger partial charge in [-0.3, -0.25) is 0 Å². The summed E-state index contributed by atoms with van der Waals surface area (Å²) >= 11 is 3.54. The normalized spacial score (nSPS) is 15.4. The highest BCUT2D eigenvalue weighted by atomic mass is 32.2. The molecule has 1 aliphatic heterocycles. The van der Waals surface area contributed by atoms with Gasteiger partial charge in [0.2, 0.25) is 0 Å². The van der Waals surface area contributed by atoms with Crippen LogP contribution < -0.4 is 4.74 Å². The molecule has 0 saturated carbocycles. The Morgan fingerprint density at radius 1 is 0.964 bits per heavy atom. The van der Waals surface area contributed by atoms with Gasteiger partial charge in [-0.2, -0.15) is 0 Å². The van der Waals surface area contributed by atoms with Crippen molar-refractivity contribution in [2.45, 2.75) is 46.5 Å². The van der Waals surface area contributed by atoms with Crippen molar-refractivity contribution in [3.8, 4) is 5.75 Å². The Labute approximate surface area is 178 Å². The Kier molecular flexibility index (Phi) is 7.36. The molecule has 3 rings (SSSR count). The van der Waals surface area contributed by atoms with E-state index in [9.17, 15) is 0 Å². The predicted molar refractivity (Wildman–Crippen MR) is 128 cm³/mol. The first-order valence-corrected chi connectivity index (χ1v) is 11.7. The maximum atomic E-state index is 6.26. The highest BCUT2D eigenvalue weighted by molar-refractivity contribution is 8.34. The Morgan fingerprint density at radius 2 is 1.68 bits per heavy atom. The molecule has 1 atom stereocenters. The molecule has 1 nitrogen and oxygen atoms in total. The van der Waals surface area contributed by atoms with E-state index in [1.54, 1.807) is 23.5 Å². The van der Waals surface area contributed by atoms with Crippen molar-refractivity contribution in [3.63, 3.8) is 0 Å². The van der Waals surface area contributed by atoms with Gasteiger partial charge in [0.15, 0.2) is 0 Å². The van der Waals surface area contributed by atoms with Crippen LogP contribution in [0.25, 0.3) is 9.81 Å². The Hall–Kier alpha value is -1.58. The van der Waals surface area contributed by atoms with Gasteiger partial charge < -0.3 is 4.74 Å². The average Bonchev–Trinajstić information content (AvgIpc) is 3.09. The van der Waals surface area contributed by atoms with Crippen molar-refractivity contribution in [2.24, 2.45) is 5.92 Å². The van der Waals surface area contributed by atoms with E-state index in [4.69, 9.17) is 4.74 Å². The van der Waals surface area contributed by atoms with Gasteiger partial charge in [0.25, 0.3) is 0 Å². The van der Waals surface area contributed by atoms with E-state index in [2.05, 4.69) is 82.8 Å². The number of hydrogen-bond acceptors (Lipinski definition) is 3. The second-order valence-corrected chi connectivity index (χ2v) is 10.2. The summed E-state index contributed by atoms with van der Waals surface area (Å²) in [4.78, 5) is 2.55. The van der Waals surface area contributed by atoms with E-state index < -0.39 is 0 Å². The molecule has 148 valence electrons. The van der Waals surface area contributed by atoms with Crippen LogP contribution in [0.4, 0.5) is 0 Å². The van der Waals surface area contributed by atoms with Crippen LogP contribution in [0.2, 0.25) is 0 Å². The minimum absolute atomic E-state index is 0.534. The number of thioether (sulfide) groups is 2. The molecule has 0 radical (unpaired) electrons. The molecule has 0 N–H and O–H groups in total. The van der Waals surface area contributed by atoms with Gasteiger partial charge in [-0.05, 0) is 47.9 Å². The molecule has 2 aromatic rings. The lowest BCUT2D eigenvalue weighted by atomic mass is 9.96. The maximum absolute atomic E-state index is 6.26. The van der Waals surface area contributed by atoms with Crippen molar-refractivity contribution in [1.29, 1.82) is 0 Å². The Bertz CT molecular complexity index is 852. The van der Waals surface area contributed by atoms with Gasteiger partial charge in [-0.15, -0.1) is 0 Å². The van der Waals surface area contributed by atoms with Crippen molar-refractivity contribution in [1.82, 2.24) is 0 Å². The molecule has 2 aromatic carbocycles. The lowest BCUT2D eigenvalue weighted by Gasteiger charge is -2.17.